The predicted octanol–water partition coefficient (Wildman–Crippen LogP) is 7.39. The van der Waals surface area contributed by atoms with Gasteiger partial charge in [-0.25, -0.2) is 0 Å². The Balaban J connectivity index is 2.11. The van der Waals surface area contributed by atoms with Gasteiger partial charge in [0.1, 0.15) is 18.1 Å². The minimum absolute atomic E-state index is 0.234. The molecule has 2 aromatic carbocycles. The summed E-state index contributed by atoms with van der Waals surface area (Å²) in [6.45, 7) is 23.8. The minimum atomic E-state index is -1.80. The van der Waals surface area contributed by atoms with E-state index in [1.807, 2.05) is 6.08 Å². The van der Waals surface area contributed by atoms with Crippen LogP contribution in [0.4, 0.5) is 0 Å². The van der Waals surface area contributed by atoms with Crippen LogP contribution in [0.2, 0.25) is 31.2 Å². The van der Waals surface area contributed by atoms with Crippen LogP contribution in [0.25, 0.3) is 5.76 Å². The number of rotatable bonds is 8. The molecule has 1 unspecified atom stereocenters. The highest BCUT2D eigenvalue weighted by Crippen LogP contribution is 2.44. The molecule has 0 aliphatic heterocycles. The molecule has 0 saturated carbocycles. The van der Waals surface area contributed by atoms with Gasteiger partial charge in [0.2, 0.25) is 0 Å². The monoisotopic (exact) mass is 478 g/mol. The van der Waals surface area contributed by atoms with E-state index in [4.69, 9.17) is 9.47 Å². The van der Waals surface area contributed by atoms with Crippen LogP contribution in [-0.2, 0) is 10.8 Å². The Morgan fingerprint density at radius 2 is 1.73 bits per heavy atom. The Hall–Kier alpha value is -2.05. The third-order valence-corrected chi connectivity index (χ3v) is 16.7. The molecule has 0 bridgehead atoms. The van der Waals surface area contributed by atoms with Gasteiger partial charge < -0.3 is 9.47 Å². The Morgan fingerprint density at radius 3 is 2.33 bits per heavy atom. The maximum atomic E-state index is 6.47. The van der Waals surface area contributed by atoms with Gasteiger partial charge >= 0.3 is 0 Å². The predicted molar refractivity (Wildman–Crippen MR) is 149 cm³/mol. The molecule has 33 heavy (non-hydrogen) atoms. The van der Waals surface area contributed by atoms with Crippen LogP contribution >= 0.6 is 0 Å². The van der Waals surface area contributed by atoms with E-state index in [2.05, 4.69) is 103 Å². The number of methoxy groups -OCH3 is 1. The molecule has 3 rings (SSSR count). The lowest BCUT2D eigenvalue weighted by molar-refractivity contribution is 0.362. The Labute approximate surface area is 203 Å². The van der Waals surface area contributed by atoms with Crippen molar-refractivity contribution >= 4 is 27.1 Å². The normalized spacial score (nSPS) is 16.3. The lowest BCUT2D eigenvalue weighted by Gasteiger charge is -2.39. The summed E-state index contributed by atoms with van der Waals surface area (Å²) < 4.78 is 12.2. The van der Waals surface area contributed by atoms with Gasteiger partial charge in [0.15, 0.2) is 0 Å². The topological polar surface area (TPSA) is 18.5 Å². The second kappa shape index (κ2) is 9.30. The summed E-state index contributed by atoms with van der Waals surface area (Å²) in [5.41, 5.74) is 5.79. The summed E-state index contributed by atoms with van der Waals surface area (Å²) in [6, 6.07) is 14.6. The summed E-state index contributed by atoms with van der Waals surface area (Å²) in [5.74, 6) is 2.14. The van der Waals surface area contributed by atoms with E-state index in [-0.39, 0.29) is 5.04 Å². The van der Waals surface area contributed by atoms with Crippen molar-refractivity contribution in [3.05, 3.63) is 77.4 Å². The van der Waals surface area contributed by atoms with Crippen molar-refractivity contribution in [3.63, 3.8) is 0 Å². The number of hydrogen-bond donors (Lipinski definition) is 0. The second-order valence-corrected chi connectivity index (χ2v) is 22.0. The molecule has 1 atom stereocenters. The molecule has 1 aliphatic rings. The molecule has 0 aromatic heterocycles. The van der Waals surface area contributed by atoms with E-state index in [1.165, 1.54) is 27.4 Å². The molecule has 2 nitrogen and oxygen atoms in total. The van der Waals surface area contributed by atoms with Crippen LogP contribution in [-0.4, -0.2) is 29.9 Å². The smallest absolute Gasteiger partial charge is 0.122 e. The molecule has 4 heteroatoms. The number of benzene rings is 2. The maximum absolute atomic E-state index is 6.47. The molecule has 2 aromatic rings. The van der Waals surface area contributed by atoms with Gasteiger partial charge in [-0.15, -0.1) is 0 Å². The average molecular weight is 479 g/mol. The van der Waals surface area contributed by atoms with Crippen molar-refractivity contribution in [1.29, 1.82) is 0 Å². The zero-order chi connectivity index (χ0) is 24.6. The van der Waals surface area contributed by atoms with Crippen LogP contribution in [0.5, 0.6) is 5.75 Å². The third-order valence-electron chi connectivity index (χ3n) is 7.79. The van der Waals surface area contributed by atoms with E-state index < -0.39 is 16.1 Å². The summed E-state index contributed by atoms with van der Waals surface area (Å²) in [5, 5.41) is 1.68. The Kier molecular flexibility index (Phi) is 7.21. The first-order valence-electron chi connectivity index (χ1n) is 12.1. The van der Waals surface area contributed by atoms with Crippen molar-refractivity contribution in [2.24, 2.45) is 0 Å². The summed E-state index contributed by atoms with van der Waals surface area (Å²) in [7, 11) is -1.80. The van der Waals surface area contributed by atoms with Crippen molar-refractivity contribution in [3.8, 4) is 5.75 Å². The lowest BCUT2D eigenvalue weighted by Crippen LogP contribution is -2.50. The molecule has 0 amide bonds. The Morgan fingerprint density at radius 1 is 1.06 bits per heavy atom. The highest BCUT2D eigenvalue weighted by atomic mass is 28.3. The number of aryl methyl sites for hydroxylation is 1. The van der Waals surface area contributed by atoms with E-state index in [0.717, 1.165) is 17.6 Å². The molecule has 0 fully saturated rings. The quantitative estimate of drug-likeness (QED) is 0.291. The molecule has 178 valence electrons. The standard InChI is InChI=1S/C29H42O2Si2/c1-11-16-31-28-22(17-21(2)18-27(28)33(9,10)29(3,4)5)20-32(7,8)26-19-25(30-6)23-14-12-13-15-24(23)26/h11-15,17-19,26H,1,16,20H2,2-10H3. The summed E-state index contributed by atoms with van der Waals surface area (Å²) in [4.78, 5) is 0. The molecule has 0 spiro atoms. The largest absolute Gasteiger partial charge is 0.496 e. The number of hydrogen-bond acceptors (Lipinski definition) is 2. The number of fused-ring (bicyclic) bond motifs is 1. The SMILES string of the molecule is C=CCOc1c(C[Si](C)(C)C2C=C(OC)c3ccccc32)cc(C)cc1[Si](C)(C)C(C)(C)C. The molecule has 1 aliphatic carbocycles. The molecular formula is C29H42O2Si2. The molecule has 0 heterocycles. The van der Waals surface area contributed by atoms with E-state index in [9.17, 15) is 0 Å². The van der Waals surface area contributed by atoms with Gasteiger partial charge in [0.25, 0.3) is 0 Å². The van der Waals surface area contributed by atoms with Crippen molar-refractivity contribution in [2.45, 2.75) is 70.5 Å². The zero-order valence-electron chi connectivity index (χ0n) is 22.1. The van der Waals surface area contributed by atoms with Gasteiger partial charge in [0.05, 0.1) is 23.3 Å². The summed E-state index contributed by atoms with van der Waals surface area (Å²) >= 11 is 0. The Bertz CT molecular complexity index is 1060. The fraction of sp³-hybridized carbons (Fsp3) is 0.448. The fourth-order valence-electron chi connectivity index (χ4n) is 4.91. The fourth-order valence-corrected chi connectivity index (χ4v) is 10.3. The molecule has 0 N–H and O–H groups in total. The lowest BCUT2D eigenvalue weighted by atomic mass is 10.1. The summed E-state index contributed by atoms with van der Waals surface area (Å²) in [6.07, 6.45) is 4.23. The molecular weight excluding hydrogens is 436 g/mol. The van der Waals surface area contributed by atoms with Crippen molar-refractivity contribution in [2.75, 3.05) is 13.7 Å². The number of ether oxygens (including phenoxy) is 2. The zero-order valence-corrected chi connectivity index (χ0v) is 24.1. The maximum Gasteiger partial charge on any atom is 0.122 e. The van der Waals surface area contributed by atoms with Crippen molar-refractivity contribution < 1.29 is 9.47 Å². The van der Waals surface area contributed by atoms with Gasteiger partial charge in [-0.1, -0.05) is 102 Å². The van der Waals surface area contributed by atoms with Crippen LogP contribution in [0, 0.1) is 6.92 Å². The van der Waals surface area contributed by atoms with Crippen LogP contribution in [0.15, 0.2) is 55.1 Å². The van der Waals surface area contributed by atoms with Crippen LogP contribution in [0.3, 0.4) is 0 Å². The van der Waals surface area contributed by atoms with Crippen molar-refractivity contribution in [1.82, 2.24) is 0 Å². The highest BCUT2D eigenvalue weighted by Gasteiger charge is 2.42. The van der Waals surface area contributed by atoms with Crippen LogP contribution < -0.4 is 9.92 Å². The first-order valence-corrected chi connectivity index (χ1v) is 18.3. The molecule has 0 saturated heterocycles. The van der Waals surface area contributed by atoms with Gasteiger partial charge in [-0.3, -0.25) is 0 Å². The van der Waals surface area contributed by atoms with E-state index in [1.54, 1.807) is 7.11 Å². The highest BCUT2D eigenvalue weighted by molar-refractivity contribution is 6.92. The first kappa shape index (κ1) is 25.6. The van der Waals surface area contributed by atoms with Crippen LogP contribution in [0.1, 0.15) is 48.6 Å². The first-order chi connectivity index (χ1) is 15.3. The molecule has 0 radical (unpaired) electrons. The minimum Gasteiger partial charge on any atom is -0.496 e. The average Bonchev–Trinajstić information content (AvgIpc) is 3.11. The van der Waals surface area contributed by atoms with Gasteiger partial charge in [-0.2, -0.15) is 0 Å². The van der Waals surface area contributed by atoms with E-state index >= 15 is 0 Å². The second-order valence-electron chi connectivity index (χ2n) is 11.7. The van der Waals surface area contributed by atoms with Gasteiger partial charge in [0, 0.05) is 11.1 Å². The third kappa shape index (κ3) is 4.92. The van der Waals surface area contributed by atoms with E-state index in [0.29, 0.717) is 12.1 Å². The number of allylic oxidation sites excluding steroid dienone is 1. The van der Waals surface area contributed by atoms with Gasteiger partial charge in [-0.05, 0) is 40.4 Å².